The Bertz CT molecular complexity index is 972. The quantitative estimate of drug-likeness (QED) is 0.615. The van der Waals surface area contributed by atoms with Crippen molar-refractivity contribution in [2.75, 3.05) is 32.8 Å². The number of halogens is 1. The number of rotatable bonds is 7. The van der Waals surface area contributed by atoms with Gasteiger partial charge in [0.25, 0.3) is 5.91 Å². The van der Waals surface area contributed by atoms with E-state index >= 15 is 0 Å². The summed E-state index contributed by atoms with van der Waals surface area (Å²) in [5, 5.41) is 3.02. The Morgan fingerprint density at radius 2 is 1.58 bits per heavy atom. The first-order valence-corrected chi connectivity index (χ1v) is 10.4. The highest BCUT2D eigenvalue weighted by Gasteiger charge is 2.23. The molecule has 6 heteroatoms. The molecule has 3 aromatic rings. The van der Waals surface area contributed by atoms with E-state index in [9.17, 15) is 9.18 Å². The molecule has 0 unspecified atom stereocenters. The number of para-hydroxylation sites is 1. The van der Waals surface area contributed by atoms with Crippen LogP contribution < -0.4 is 10.1 Å². The highest BCUT2D eigenvalue weighted by molar-refractivity contribution is 5.94. The number of carbonyl (C=O) groups is 1. The fraction of sp³-hybridized carbons (Fsp3) is 0.240. The molecule has 0 bridgehead atoms. The summed E-state index contributed by atoms with van der Waals surface area (Å²) in [7, 11) is 0. The molecule has 1 saturated heterocycles. The largest absolute Gasteiger partial charge is 0.457 e. The highest BCUT2D eigenvalue weighted by Crippen LogP contribution is 2.23. The van der Waals surface area contributed by atoms with Crippen LogP contribution in [0.5, 0.6) is 11.5 Å². The Labute approximate surface area is 181 Å². The normalized spacial score (nSPS) is 15.3. The van der Waals surface area contributed by atoms with E-state index in [0.29, 0.717) is 31.1 Å². The van der Waals surface area contributed by atoms with Gasteiger partial charge in [-0.2, -0.15) is 0 Å². The Morgan fingerprint density at radius 3 is 2.26 bits per heavy atom. The number of nitrogens with zero attached hydrogens (tertiary/aromatic N) is 1. The third-order valence-corrected chi connectivity index (χ3v) is 5.29. The minimum absolute atomic E-state index is 0.0471. The van der Waals surface area contributed by atoms with E-state index < -0.39 is 0 Å². The van der Waals surface area contributed by atoms with Crippen molar-refractivity contribution in [3.8, 4) is 11.5 Å². The monoisotopic (exact) mass is 420 g/mol. The molecule has 1 amide bonds. The number of hydrogen-bond acceptors (Lipinski definition) is 4. The summed E-state index contributed by atoms with van der Waals surface area (Å²) in [4.78, 5) is 15.0. The van der Waals surface area contributed by atoms with Crippen LogP contribution in [0.1, 0.15) is 22.0 Å². The van der Waals surface area contributed by atoms with Gasteiger partial charge >= 0.3 is 0 Å². The van der Waals surface area contributed by atoms with E-state index in [1.54, 1.807) is 36.4 Å². The van der Waals surface area contributed by atoms with Crippen molar-refractivity contribution in [3.05, 3.63) is 95.8 Å². The van der Waals surface area contributed by atoms with Gasteiger partial charge < -0.3 is 14.8 Å². The minimum atomic E-state index is -0.272. The van der Waals surface area contributed by atoms with Crippen molar-refractivity contribution in [1.29, 1.82) is 0 Å². The Balaban J connectivity index is 1.40. The number of ether oxygens (including phenoxy) is 2. The van der Waals surface area contributed by atoms with Crippen LogP contribution in [-0.2, 0) is 4.74 Å². The predicted octanol–water partition coefficient (Wildman–Crippen LogP) is 4.42. The number of morpholine rings is 1. The van der Waals surface area contributed by atoms with E-state index in [1.165, 1.54) is 12.1 Å². The smallest absolute Gasteiger partial charge is 0.251 e. The van der Waals surface area contributed by atoms with E-state index in [2.05, 4.69) is 10.2 Å². The van der Waals surface area contributed by atoms with E-state index in [4.69, 9.17) is 9.47 Å². The molecule has 1 fully saturated rings. The summed E-state index contributed by atoms with van der Waals surface area (Å²) >= 11 is 0. The maximum Gasteiger partial charge on any atom is 0.251 e. The molecule has 1 atom stereocenters. The molecule has 1 aliphatic rings. The zero-order valence-electron chi connectivity index (χ0n) is 17.2. The Kier molecular flexibility index (Phi) is 6.92. The first kappa shape index (κ1) is 21.0. The molecule has 1 heterocycles. The lowest BCUT2D eigenvalue weighted by Gasteiger charge is -2.35. The molecular weight excluding hydrogens is 395 g/mol. The predicted molar refractivity (Wildman–Crippen MR) is 117 cm³/mol. The molecule has 0 saturated carbocycles. The molecule has 5 nitrogen and oxygen atoms in total. The Hall–Kier alpha value is -3.22. The van der Waals surface area contributed by atoms with Crippen LogP contribution in [0.4, 0.5) is 4.39 Å². The van der Waals surface area contributed by atoms with Gasteiger partial charge in [-0.1, -0.05) is 30.3 Å². The van der Waals surface area contributed by atoms with Gasteiger partial charge in [-0.05, 0) is 54.1 Å². The first-order valence-electron chi connectivity index (χ1n) is 10.4. The Morgan fingerprint density at radius 1 is 0.935 bits per heavy atom. The van der Waals surface area contributed by atoms with Crippen molar-refractivity contribution >= 4 is 5.91 Å². The highest BCUT2D eigenvalue weighted by atomic mass is 19.1. The van der Waals surface area contributed by atoms with Crippen LogP contribution >= 0.6 is 0 Å². The van der Waals surface area contributed by atoms with Crippen LogP contribution in [0.25, 0.3) is 0 Å². The summed E-state index contributed by atoms with van der Waals surface area (Å²) in [6.07, 6.45) is 0. The van der Waals surface area contributed by atoms with Gasteiger partial charge in [0.15, 0.2) is 0 Å². The molecule has 3 aromatic carbocycles. The maximum absolute atomic E-state index is 13.4. The fourth-order valence-corrected chi connectivity index (χ4v) is 3.62. The summed E-state index contributed by atoms with van der Waals surface area (Å²) in [5.41, 5.74) is 1.52. The standard InChI is InChI=1S/C25H25FN2O3/c26-21-10-6-19(7-11-21)24(28-14-16-30-17-15-28)18-27-25(29)20-8-12-23(13-9-20)31-22-4-2-1-3-5-22/h1-13,24H,14-18H2,(H,27,29)/t24-/m1/s1. The van der Waals surface area contributed by atoms with Crippen molar-refractivity contribution in [1.82, 2.24) is 10.2 Å². The second-order valence-electron chi connectivity index (χ2n) is 7.37. The zero-order valence-corrected chi connectivity index (χ0v) is 17.2. The summed E-state index contributed by atoms with van der Waals surface area (Å²) in [6.45, 7) is 3.25. The van der Waals surface area contributed by atoms with Crippen LogP contribution in [-0.4, -0.2) is 43.7 Å². The lowest BCUT2D eigenvalue weighted by molar-refractivity contribution is 0.0162. The number of benzene rings is 3. The topological polar surface area (TPSA) is 50.8 Å². The average molecular weight is 420 g/mol. The SMILES string of the molecule is O=C(NC[C@H](c1ccc(F)cc1)N1CCOCC1)c1ccc(Oc2ccccc2)cc1. The van der Waals surface area contributed by atoms with Gasteiger partial charge in [-0.3, -0.25) is 9.69 Å². The molecule has 0 aromatic heterocycles. The van der Waals surface area contributed by atoms with E-state index in [0.717, 1.165) is 24.4 Å². The third-order valence-electron chi connectivity index (χ3n) is 5.29. The van der Waals surface area contributed by atoms with Crippen LogP contribution in [0.2, 0.25) is 0 Å². The number of nitrogens with one attached hydrogen (secondary N) is 1. The molecular formula is C25H25FN2O3. The molecule has 1 aliphatic heterocycles. The lowest BCUT2D eigenvalue weighted by atomic mass is 10.0. The minimum Gasteiger partial charge on any atom is -0.457 e. The molecule has 4 rings (SSSR count). The average Bonchev–Trinajstić information content (AvgIpc) is 2.82. The van der Waals surface area contributed by atoms with Crippen molar-refractivity contribution < 1.29 is 18.7 Å². The zero-order chi connectivity index (χ0) is 21.5. The molecule has 0 aliphatic carbocycles. The van der Waals surface area contributed by atoms with Gasteiger partial charge in [0.05, 0.1) is 19.3 Å². The second-order valence-corrected chi connectivity index (χ2v) is 7.37. The van der Waals surface area contributed by atoms with Gasteiger partial charge in [0, 0.05) is 25.2 Å². The summed E-state index contributed by atoms with van der Waals surface area (Å²) < 4.78 is 24.6. The maximum atomic E-state index is 13.4. The molecule has 1 N–H and O–H groups in total. The molecule has 0 spiro atoms. The molecule has 160 valence electrons. The van der Waals surface area contributed by atoms with Crippen LogP contribution in [0, 0.1) is 5.82 Å². The summed E-state index contributed by atoms with van der Waals surface area (Å²) in [6, 6.07) is 23.0. The van der Waals surface area contributed by atoms with Crippen molar-refractivity contribution in [2.24, 2.45) is 0 Å². The molecule has 31 heavy (non-hydrogen) atoms. The second kappa shape index (κ2) is 10.2. The van der Waals surface area contributed by atoms with Crippen LogP contribution in [0.15, 0.2) is 78.9 Å². The van der Waals surface area contributed by atoms with Crippen molar-refractivity contribution in [3.63, 3.8) is 0 Å². The van der Waals surface area contributed by atoms with Gasteiger partial charge in [0.2, 0.25) is 0 Å². The number of carbonyl (C=O) groups excluding carboxylic acids is 1. The van der Waals surface area contributed by atoms with E-state index in [-0.39, 0.29) is 17.8 Å². The number of hydrogen-bond donors (Lipinski definition) is 1. The van der Waals surface area contributed by atoms with Gasteiger partial charge in [0.1, 0.15) is 17.3 Å². The van der Waals surface area contributed by atoms with E-state index in [1.807, 2.05) is 30.3 Å². The van der Waals surface area contributed by atoms with Gasteiger partial charge in [-0.25, -0.2) is 4.39 Å². The first-order chi connectivity index (χ1) is 15.2. The third kappa shape index (κ3) is 5.69. The van der Waals surface area contributed by atoms with Gasteiger partial charge in [-0.15, -0.1) is 0 Å². The van der Waals surface area contributed by atoms with Crippen LogP contribution in [0.3, 0.4) is 0 Å². The lowest BCUT2D eigenvalue weighted by Crippen LogP contribution is -2.43. The summed E-state index contributed by atoms with van der Waals surface area (Å²) in [5.74, 6) is 0.977. The van der Waals surface area contributed by atoms with Crippen molar-refractivity contribution in [2.45, 2.75) is 6.04 Å². The number of amides is 1. The fourth-order valence-electron chi connectivity index (χ4n) is 3.62. The molecule has 0 radical (unpaired) electrons.